The van der Waals surface area contributed by atoms with Crippen LogP contribution in [0.15, 0.2) is 12.2 Å². The van der Waals surface area contributed by atoms with Gasteiger partial charge in [0.25, 0.3) is 0 Å². The summed E-state index contributed by atoms with van der Waals surface area (Å²) in [6, 6.07) is 0. The van der Waals surface area contributed by atoms with E-state index in [1.54, 1.807) is 0 Å². The summed E-state index contributed by atoms with van der Waals surface area (Å²) in [6.07, 6.45) is 17.1. The summed E-state index contributed by atoms with van der Waals surface area (Å²) in [5.41, 5.74) is 2.11. The zero-order valence-electron chi connectivity index (χ0n) is 33.1. The number of hydrogen-bond donors (Lipinski definition) is 1. The minimum absolute atomic E-state index is 0.0242. The monoisotopic (exact) mass is 680 g/mol. The minimum Gasteiger partial charge on any atom is -0.481 e. The highest BCUT2D eigenvalue weighted by Crippen LogP contribution is 2.78. The lowest BCUT2D eigenvalue weighted by Crippen LogP contribution is -2.66. The molecule has 6 aliphatic rings. The number of rotatable bonds is 12. The maximum atomic E-state index is 13.2. The number of hydrogen-bond acceptors (Lipinski definition) is 4. The number of carboxylic acids is 1. The number of carbonyl (C=O) groups is 2. The second-order valence-electron chi connectivity index (χ2n) is 20.9. The second-order valence-corrected chi connectivity index (χ2v) is 20.9. The molecule has 0 radical (unpaired) electrons. The van der Waals surface area contributed by atoms with Gasteiger partial charge in [-0.15, -0.1) is 0 Å². The molecule has 5 heteroatoms. The SMILES string of the molecule is C=C(C)C1CC[C@]2(CCN(CC)CC3CC3)CC[C@]3(C)[C@H](CCC4[C@@]5(C)CCC(OC(=O)CC(C)(C)CC(=O)O)C(C)(C)C5CC[C@]43C)C12. The van der Waals surface area contributed by atoms with Crippen molar-refractivity contribution in [3.05, 3.63) is 12.2 Å². The van der Waals surface area contributed by atoms with E-state index in [-0.39, 0.29) is 35.7 Å². The summed E-state index contributed by atoms with van der Waals surface area (Å²) < 4.78 is 6.31. The molecular formula is C44H73NO4. The van der Waals surface area contributed by atoms with E-state index in [0.29, 0.717) is 34.0 Å². The molecule has 6 aliphatic carbocycles. The molecule has 0 amide bonds. The van der Waals surface area contributed by atoms with Crippen molar-refractivity contribution in [3.63, 3.8) is 0 Å². The average Bonchev–Trinajstić information content (AvgIpc) is 3.73. The van der Waals surface area contributed by atoms with Gasteiger partial charge in [0.05, 0.1) is 12.8 Å². The smallest absolute Gasteiger partial charge is 0.306 e. The predicted octanol–water partition coefficient (Wildman–Crippen LogP) is 10.6. The van der Waals surface area contributed by atoms with Crippen LogP contribution in [-0.4, -0.2) is 47.7 Å². The number of nitrogens with zero attached hydrogens (tertiary/aromatic N) is 1. The van der Waals surface area contributed by atoms with Gasteiger partial charge in [0, 0.05) is 12.0 Å². The fraction of sp³-hybridized carbons (Fsp3) is 0.909. The Balaban J connectivity index is 1.22. The lowest BCUT2D eigenvalue weighted by atomic mass is 9.32. The van der Waals surface area contributed by atoms with Gasteiger partial charge in [-0.2, -0.15) is 0 Å². The molecule has 49 heavy (non-hydrogen) atoms. The van der Waals surface area contributed by atoms with E-state index in [1.807, 2.05) is 13.8 Å². The molecule has 6 fully saturated rings. The highest BCUT2D eigenvalue weighted by molar-refractivity contribution is 5.73. The van der Waals surface area contributed by atoms with E-state index >= 15 is 0 Å². The van der Waals surface area contributed by atoms with E-state index in [1.165, 1.54) is 95.8 Å². The van der Waals surface area contributed by atoms with Crippen molar-refractivity contribution >= 4 is 11.9 Å². The van der Waals surface area contributed by atoms with Crippen molar-refractivity contribution in [2.24, 2.45) is 68.0 Å². The van der Waals surface area contributed by atoms with Crippen LogP contribution in [0.1, 0.15) is 159 Å². The van der Waals surface area contributed by atoms with Gasteiger partial charge in [-0.1, -0.05) is 67.5 Å². The quantitative estimate of drug-likeness (QED) is 0.164. The molecular weight excluding hydrogens is 606 g/mol. The highest BCUT2D eigenvalue weighted by Gasteiger charge is 2.71. The first kappa shape index (κ1) is 37.4. The van der Waals surface area contributed by atoms with Crippen molar-refractivity contribution in [3.8, 4) is 0 Å². The van der Waals surface area contributed by atoms with Gasteiger partial charge in [0.15, 0.2) is 0 Å². The number of esters is 1. The Hall–Kier alpha value is -1.36. The number of carbonyl (C=O) groups excluding carboxylic acids is 1. The summed E-state index contributed by atoms with van der Waals surface area (Å²) >= 11 is 0. The van der Waals surface area contributed by atoms with Crippen LogP contribution in [0.3, 0.4) is 0 Å². The summed E-state index contributed by atoms with van der Waals surface area (Å²) in [4.78, 5) is 27.4. The van der Waals surface area contributed by atoms with Gasteiger partial charge in [-0.05, 0) is 166 Å². The fourth-order valence-corrected chi connectivity index (χ4v) is 14.4. The van der Waals surface area contributed by atoms with Crippen LogP contribution in [0.4, 0.5) is 0 Å². The molecule has 0 spiro atoms. The third-order valence-electron chi connectivity index (χ3n) is 17.3. The molecule has 6 rings (SSSR count). The molecule has 0 aromatic rings. The molecule has 5 nitrogen and oxygen atoms in total. The van der Waals surface area contributed by atoms with Gasteiger partial charge in [0.2, 0.25) is 0 Å². The number of ether oxygens (including phenoxy) is 1. The molecule has 278 valence electrons. The Morgan fingerprint density at radius 3 is 2.20 bits per heavy atom. The van der Waals surface area contributed by atoms with E-state index < -0.39 is 11.4 Å². The van der Waals surface area contributed by atoms with Crippen molar-refractivity contribution in [1.29, 1.82) is 0 Å². The first-order valence-electron chi connectivity index (χ1n) is 20.6. The zero-order valence-corrected chi connectivity index (χ0v) is 33.1. The number of allylic oxidation sites excluding steroid dienone is 1. The number of fused-ring (bicyclic) bond motifs is 7. The molecule has 0 saturated heterocycles. The average molecular weight is 680 g/mol. The maximum absolute atomic E-state index is 13.2. The fourth-order valence-electron chi connectivity index (χ4n) is 14.4. The topological polar surface area (TPSA) is 66.8 Å². The Bertz CT molecular complexity index is 1280. The van der Waals surface area contributed by atoms with E-state index in [9.17, 15) is 14.7 Å². The molecule has 0 heterocycles. The van der Waals surface area contributed by atoms with Crippen LogP contribution in [0.2, 0.25) is 0 Å². The van der Waals surface area contributed by atoms with E-state index in [2.05, 4.69) is 59.9 Å². The van der Waals surface area contributed by atoms with Crippen molar-refractivity contribution in [2.45, 2.75) is 165 Å². The third kappa shape index (κ3) is 6.39. The van der Waals surface area contributed by atoms with Crippen LogP contribution in [0.5, 0.6) is 0 Å². The molecule has 0 aromatic carbocycles. The maximum Gasteiger partial charge on any atom is 0.306 e. The molecule has 0 aliphatic heterocycles. The van der Waals surface area contributed by atoms with Crippen molar-refractivity contribution in [2.75, 3.05) is 19.6 Å². The minimum atomic E-state index is -0.862. The molecule has 10 atom stereocenters. The lowest BCUT2D eigenvalue weighted by Gasteiger charge is -2.73. The van der Waals surface area contributed by atoms with E-state index in [0.717, 1.165) is 30.6 Å². The highest BCUT2D eigenvalue weighted by atomic mass is 16.5. The van der Waals surface area contributed by atoms with Crippen LogP contribution < -0.4 is 0 Å². The number of carboxylic acid groups (broad SMARTS) is 1. The number of aliphatic carboxylic acids is 1. The lowest BCUT2D eigenvalue weighted by molar-refractivity contribution is -0.250. The summed E-state index contributed by atoms with van der Waals surface area (Å²) in [7, 11) is 0. The Morgan fingerprint density at radius 1 is 0.857 bits per heavy atom. The van der Waals surface area contributed by atoms with Gasteiger partial charge < -0.3 is 14.7 Å². The van der Waals surface area contributed by atoms with Gasteiger partial charge in [-0.25, -0.2) is 0 Å². The Labute approximate surface area is 300 Å². The van der Waals surface area contributed by atoms with Crippen LogP contribution >= 0.6 is 0 Å². The van der Waals surface area contributed by atoms with Crippen LogP contribution in [0.25, 0.3) is 0 Å². The first-order chi connectivity index (χ1) is 22.8. The largest absolute Gasteiger partial charge is 0.481 e. The summed E-state index contributed by atoms with van der Waals surface area (Å²) in [5, 5.41) is 9.35. The summed E-state index contributed by atoms with van der Waals surface area (Å²) in [5.74, 6) is 3.32. The molecule has 0 bridgehead atoms. The van der Waals surface area contributed by atoms with Gasteiger partial charge in [-0.3, -0.25) is 9.59 Å². The van der Waals surface area contributed by atoms with Gasteiger partial charge >= 0.3 is 11.9 Å². The first-order valence-corrected chi connectivity index (χ1v) is 20.6. The van der Waals surface area contributed by atoms with E-state index in [4.69, 9.17) is 4.74 Å². The molecule has 0 aromatic heterocycles. The second kappa shape index (κ2) is 12.9. The predicted molar refractivity (Wildman–Crippen MR) is 199 cm³/mol. The Morgan fingerprint density at radius 2 is 1.57 bits per heavy atom. The Kier molecular flexibility index (Phi) is 9.88. The third-order valence-corrected chi connectivity index (χ3v) is 17.3. The van der Waals surface area contributed by atoms with Crippen LogP contribution in [0, 0.1) is 68.0 Å². The molecule has 6 saturated carbocycles. The molecule has 1 N–H and O–H groups in total. The zero-order chi connectivity index (χ0) is 35.8. The normalized spacial score (nSPS) is 42.8. The van der Waals surface area contributed by atoms with Crippen molar-refractivity contribution < 1.29 is 19.4 Å². The summed E-state index contributed by atoms with van der Waals surface area (Å²) in [6.45, 7) is 29.8. The molecule has 5 unspecified atom stereocenters. The van der Waals surface area contributed by atoms with Crippen molar-refractivity contribution in [1.82, 2.24) is 4.90 Å². The van der Waals surface area contributed by atoms with Gasteiger partial charge in [0.1, 0.15) is 6.10 Å². The van der Waals surface area contributed by atoms with Crippen LogP contribution in [-0.2, 0) is 14.3 Å². The standard InChI is InChI=1S/C44H73NO4/c1-11-45(28-30-12-13-30)25-24-44-21-16-31(29(2)3)38(44)32-14-15-34-41(8)19-18-35(49-37(48)27-39(4,5)26-36(46)47)40(6,7)33(41)17-20-43(34,10)42(32,9)22-23-44/h30-35,38H,2,11-28H2,1,3-10H3,(H,46,47)/t31?,32-,33?,34?,35?,38?,41+,42-,43-,44-/m1/s1.